The fourth-order valence-electron chi connectivity index (χ4n) is 2.35. The molecule has 0 fully saturated rings. The third-order valence-corrected chi connectivity index (χ3v) is 4.07. The van der Waals surface area contributed by atoms with E-state index in [-0.39, 0.29) is 11.7 Å². The van der Waals surface area contributed by atoms with Crippen molar-refractivity contribution in [2.75, 3.05) is 20.2 Å². The van der Waals surface area contributed by atoms with E-state index in [1.807, 2.05) is 28.8 Å². The first-order valence-corrected chi connectivity index (χ1v) is 8.36. The Hall–Kier alpha value is -2.86. The number of fused-ring (bicyclic) bond motifs is 1. The molecule has 0 spiro atoms. The zero-order valence-corrected chi connectivity index (χ0v) is 14.9. The minimum Gasteiger partial charge on any atom is -0.492 e. The average Bonchev–Trinajstić information content (AvgIpc) is 2.96. The first-order valence-electron chi connectivity index (χ1n) is 7.99. The van der Waals surface area contributed by atoms with Gasteiger partial charge in [0.15, 0.2) is 5.15 Å². The smallest absolute Gasteiger partial charge is 0.246 e. The number of benzene rings is 1. The number of nitrogens with zero attached hydrogens (tertiary/aromatic N) is 3. The molecule has 0 unspecified atom stereocenters. The van der Waals surface area contributed by atoms with Gasteiger partial charge in [-0.25, -0.2) is 9.37 Å². The number of carbonyl (C=O) groups is 1. The molecule has 0 saturated heterocycles. The predicted molar refractivity (Wildman–Crippen MR) is 98.8 cm³/mol. The molecular weight excluding hydrogens is 357 g/mol. The normalized spacial score (nSPS) is 11.2. The van der Waals surface area contributed by atoms with E-state index in [0.29, 0.717) is 35.4 Å². The Morgan fingerprint density at radius 3 is 2.85 bits per heavy atom. The quantitative estimate of drug-likeness (QED) is 0.619. The number of aromatic nitrogens is 2. The van der Waals surface area contributed by atoms with Crippen molar-refractivity contribution >= 4 is 29.2 Å². The highest BCUT2D eigenvalue weighted by Gasteiger charge is 2.09. The molecule has 3 aromatic rings. The lowest BCUT2D eigenvalue weighted by molar-refractivity contribution is -0.125. The number of amides is 1. The highest BCUT2D eigenvalue weighted by atomic mass is 35.5. The lowest BCUT2D eigenvalue weighted by Gasteiger charge is -2.15. The molecule has 134 valence electrons. The van der Waals surface area contributed by atoms with Crippen LogP contribution in [0, 0.1) is 5.82 Å². The van der Waals surface area contributed by atoms with Gasteiger partial charge in [-0.1, -0.05) is 17.7 Å². The van der Waals surface area contributed by atoms with Crippen molar-refractivity contribution in [1.82, 2.24) is 14.3 Å². The monoisotopic (exact) mass is 373 g/mol. The van der Waals surface area contributed by atoms with Gasteiger partial charge in [0.25, 0.3) is 0 Å². The summed E-state index contributed by atoms with van der Waals surface area (Å²) in [6, 6.07) is 11.3. The lowest BCUT2D eigenvalue weighted by Crippen LogP contribution is -2.29. The van der Waals surface area contributed by atoms with Crippen LogP contribution >= 0.6 is 11.6 Å². The van der Waals surface area contributed by atoms with Crippen molar-refractivity contribution in [1.29, 1.82) is 0 Å². The molecule has 26 heavy (non-hydrogen) atoms. The molecule has 0 saturated carbocycles. The zero-order valence-electron chi connectivity index (χ0n) is 14.1. The molecule has 0 radical (unpaired) electrons. The summed E-state index contributed by atoms with van der Waals surface area (Å²) < 4.78 is 20.1. The number of carbonyl (C=O) groups excluding carboxylic acids is 1. The Balaban J connectivity index is 1.57. The summed E-state index contributed by atoms with van der Waals surface area (Å²) in [5.41, 5.74) is 1.36. The second-order valence-corrected chi connectivity index (χ2v) is 5.97. The summed E-state index contributed by atoms with van der Waals surface area (Å²) in [5, 5.41) is 0.336. The van der Waals surface area contributed by atoms with Crippen LogP contribution < -0.4 is 4.74 Å². The van der Waals surface area contributed by atoms with Crippen molar-refractivity contribution in [2.45, 2.75) is 0 Å². The van der Waals surface area contributed by atoms with Crippen LogP contribution in [-0.4, -0.2) is 40.4 Å². The number of ether oxygens (including phenoxy) is 1. The fraction of sp³-hybridized carbons (Fsp3) is 0.158. The summed E-state index contributed by atoms with van der Waals surface area (Å²) in [6.07, 6.45) is 4.92. The van der Waals surface area contributed by atoms with Crippen molar-refractivity contribution < 1.29 is 13.9 Å². The third kappa shape index (κ3) is 4.21. The maximum absolute atomic E-state index is 12.8. The van der Waals surface area contributed by atoms with Crippen molar-refractivity contribution in [3.8, 4) is 5.75 Å². The molecule has 0 aliphatic carbocycles. The maximum atomic E-state index is 12.8. The summed E-state index contributed by atoms with van der Waals surface area (Å²) in [5.74, 6) is 0.0517. The predicted octanol–water partition coefficient (Wildman–Crippen LogP) is 3.68. The van der Waals surface area contributed by atoms with Crippen molar-refractivity contribution in [2.24, 2.45) is 0 Å². The van der Waals surface area contributed by atoms with Gasteiger partial charge in [0.2, 0.25) is 5.91 Å². The van der Waals surface area contributed by atoms with Gasteiger partial charge in [0.05, 0.1) is 12.2 Å². The van der Waals surface area contributed by atoms with E-state index in [0.717, 1.165) is 0 Å². The van der Waals surface area contributed by atoms with E-state index >= 15 is 0 Å². The van der Waals surface area contributed by atoms with Crippen LogP contribution in [0.3, 0.4) is 0 Å². The van der Waals surface area contributed by atoms with Gasteiger partial charge in [0.1, 0.15) is 23.8 Å². The van der Waals surface area contributed by atoms with Gasteiger partial charge in [-0.05, 0) is 42.5 Å². The van der Waals surface area contributed by atoms with E-state index in [9.17, 15) is 9.18 Å². The van der Waals surface area contributed by atoms with E-state index in [2.05, 4.69) is 4.98 Å². The molecule has 3 rings (SSSR count). The van der Waals surface area contributed by atoms with E-state index in [1.54, 1.807) is 25.3 Å². The molecule has 0 N–H and O–H groups in total. The minimum absolute atomic E-state index is 0.186. The molecule has 2 heterocycles. The molecule has 1 amide bonds. The molecule has 0 aliphatic rings. The van der Waals surface area contributed by atoms with Crippen LogP contribution in [0.15, 0.2) is 54.7 Å². The van der Waals surface area contributed by atoms with Gasteiger partial charge in [0, 0.05) is 19.3 Å². The Labute approximate surface area is 155 Å². The van der Waals surface area contributed by atoms with Gasteiger partial charge in [-0.3, -0.25) is 9.20 Å². The number of rotatable bonds is 6. The van der Waals surface area contributed by atoms with Gasteiger partial charge in [-0.2, -0.15) is 0 Å². The number of likely N-dealkylation sites (N-methyl/N-ethyl adjacent to an activating group) is 1. The standard InChI is InChI=1S/C19H17ClFN3O2/c1-23(12-13-26-15-7-5-14(21)6-8-15)18(25)10-9-16-19(20)22-17-4-2-3-11-24(16)17/h2-11H,12-13H2,1H3/b10-9+. The molecular formula is C19H17ClFN3O2. The van der Waals surface area contributed by atoms with E-state index in [4.69, 9.17) is 16.3 Å². The third-order valence-electron chi connectivity index (χ3n) is 3.79. The largest absolute Gasteiger partial charge is 0.492 e. The second-order valence-electron chi connectivity index (χ2n) is 5.61. The maximum Gasteiger partial charge on any atom is 0.246 e. The van der Waals surface area contributed by atoms with Crippen LogP contribution in [0.4, 0.5) is 4.39 Å². The van der Waals surface area contributed by atoms with Crippen LogP contribution in [0.5, 0.6) is 5.75 Å². The molecule has 0 bridgehead atoms. The number of halogens is 2. The van der Waals surface area contributed by atoms with Crippen LogP contribution in [0.1, 0.15) is 5.69 Å². The lowest BCUT2D eigenvalue weighted by atomic mass is 10.3. The van der Waals surface area contributed by atoms with Crippen molar-refractivity contribution in [3.63, 3.8) is 0 Å². The van der Waals surface area contributed by atoms with Crippen LogP contribution in [0.2, 0.25) is 5.15 Å². The summed E-state index contributed by atoms with van der Waals surface area (Å²) in [4.78, 5) is 18.0. The van der Waals surface area contributed by atoms with E-state index < -0.39 is 0 Å². The summed E-state index contributed by atoms with van der Waals surface area (Å²) in [6.45, 7) is 0.694. The van der Waals surface area contributed by atoms with E-state index in [1.165, 1.54) is 23.1 Å². The second kappa shape index (κ2) is 8.01. The van der Waals surface area contributed by atoms with Gasteiger partial charge in [-0.15, -0.1) is 0 Å². The molecule has 0 aliphatic heterocycles. The van der Waals surface area contributed by atoms with Gasteiger partial charge >= 0.3 is 0 Å². The van der Waals surface area contributed by atoms with Gasteiger partial charge < -0.3 is 9.64 Å². The Kier molecular flexibility index (Phi) is 5.53. The average molecular weight is 374 g/mol. The van der Waals surface area contributed by atoms with Crippen molar-refractivity contribution in [3.05, 3.63) is 71.4 Å². The number of imidazole rings is 1. The highest BCUT2D eigenvalue weighted by molar-refractivity contribution is 6.31. The summed E-state index contributed by atoms with van der Waals surface area (Å²) in [7, 11) is 1.68. The minimum atomic E-state index is -0.319. The highest BCUT2D eigenvalue weighted by Crippen LogP contribution is 2.19. The fourth-order valence-corrected chi connectivity index (χ4v) is 2.59. The molecule has 1 aromatic carbocycles. The Bertz CT molecular complexity index is 938. The topological polar surface area (TPSA) is 46.8 Å². The van der Waals surface area contributed by atoms with Crippen LogP contribution in [-0.2, 0) is 4.79 Å². The molecule has 2 aromatic heterocycles. The Morgan fingerprint density at radius 1 is 1.31 bits per heavy atom. The molecule has 7 heteroatoms. The first-order chi connectivity index (χ1) is 12.5. The molecule has 0 atom stereocenters. The molecule has 5 nitrogen and oxygen atoms in total. The van der Waals surface area contributed by atoms with Crippen LogP contribution in [0.25, 0.3) is 11.7 Å². The number of pyridine rings is 1. The SMILES string of the molecule is CN(CCOc1ccc(F)cc1)C(=O)/C=C/c1c(Cl)nc2ccccn12. The Morgan fingerprint density at radius 2 is 2.08 bits per heavy atom. The zero-order chi connectivity index (χ0) is 18.5. The number of hydrogen-bond acceptors (Lipinski definition) is 3. The summed E-state index contributed by atoms with van der Waals surface area (Å²) >= 11 is 6.14. The number of hydrogen-bond donors (Lipinski definition) is 0. The first kappa shape index (κ1) is 17.9.